The largest absolute Gasteiger partial charge is 0.494 e. The first kappa shape index (κ1) is 20.9. The average Bonchev–Trinajstić information content (AvgIpc) is 3.21. The third kappa shape index (κ3) is 6.32. The number of anilines is 1. The van der Waals surface area contributed by atoms with Gasteiger partial charge in [0.15, 0.2) is 5.13 Å². The topological polar surface area (TPSA) is 60.5 Å². The Morgan fingerprint density at radius 2 is 1.69 bits per heavy atom. The third-order valence-corrected chi connectivity index (χ3v) is 5.31. The van der Waals surface area contributed by atoms with Gasteiger partial charge in [0.25, 0.3) is 0 Å². The molecule has 0 aliphatic carbocycles. The predicted octanol–water partition coefficient (Wildman–Crippen LogP) is 5.57. The Morgan fingerprint density at radius 1 is 1.00 bits per heavy atom. The number of amides is 1. The van der Waals surface area contributed by atoms with Crippen LogP contribution in [0.2, 0.25) is 0 Å². The number of ether oxygens (including phenoxy) is 2. The van der Waals surface area contributed by atoms with Crippen molar-refractivity contribution in [2.24, 2.45) is 0 Å². The molecule has 0 atom stereocenters. The highest BCUT2D eigenvalue weighted by atomic mass is 32.1. The lowest BCUT2D eigenvalue weighted by atomic mass is 10.2. The number of hydrogen-bond acceptors (Lipinski definition) is 5. The Morgan fingerprint density at radius 3 is 2.38 bits per heavy atom. The van der Waals surface area contributed by atoms with Gasteiger partial charge >= 0.3 is 0 Å². The van der Waals surface area contributed by atoms with Gasteiger partial charge in [0.05, 0.1) is 18.1 Å². The van der Waals surface area contributed by atoms with Gasteiger partial charge in [-0.25, -0.2) is 4.98 Å². The normalized spacial score (nSPS) is 10.6. The third-order valence-electron chi connectivity index (χ3n) is 4.35. The standard InChI is InChI=1S/C23H26N2O3S/c1-3-17-7-11-20(12-8-17)28-15-5-6-22(26)25-23-24-16-21(29-23)18-9-13-19(14-10-18)27-4-2/h7-14,16H,3-6,15H2,1-2H3,(H,24,25,26). The molecule has 0 radical (unpaired) electrons. The molecule has 0 fully saturated rings. The van der Waals surface area contributed by atoms with Gasteiger partial charge in [0, 0.05) is 12.6 Å². The van der Waals surface area contributed by atoms with E-state index < -0.39 is 0 Å². The van der Waals surface area contributed by atoms with Crippen molar-refractivity contribution in [2.45, 2.75) is 33.1 Å². The van der Waals surface area contributed by atoms with E-state index in [1.165, 1.54) is 16.9 Å². The summed E-state index contributed by atoms with van der Waals surface area (Å²) >= 11 is 1.46. The molecule has 3 aromatic rings. The van der Waals surface area contributed by atoms with Crippen LogP contribution in [0.4, 0.5) is 5.13 Å². The minimum atomic E-state index is -0.0532. The maximum atomic E-state index is 12.2. The molecule has 1 N–H and O–H groups in total. The minimum Gasteiger partial charge on any atom is -0.494 e. The molecule has 152 valence electrons. The summed E-state index contributed by atoms with van der Waals surface area (Å²) in [5.41, 5.74) is 2.33. The molecular formula is C23H26N2O3S. The lowest BCUT2D eigenvalue weighted by Crippen LogP contribution is -2.12. The number of aryl methyl sites for hydroxylation is 1. The van der Waals surface area contributed by atoms with E-state index in [-0.39, 0.29) is 5.91 Å². The number of rotatable bonds is 10. The van der Waals surface area contributed by atoms with Crippen molar-refractivity contribution in [1.82, 2.24) is 4.98 Å². The van der Waals surface area contributed by atoms with E-state index in [0.29, 0.717) is 31.2 Å². The molecule has 0 saturated heterocycles. The smallest absolute Gasteiger partial charge is 0.226 e. The van der Waals surface area contributed by atoms with Crippen LogP contribution in [0.1, 0.15) is 32.3 Å². The van der Waals surface area contributed by atoms with Gasteiger partial charge in [-0.2, -0.15) is 0 Å². The molecule has 0 aliphatic heterocycles. The van der Waals surface area contributed by atoms with Gasteiger partial charge in [0.1, 0.15) is 11.5 Å². The zero-order valence-electron chi connectivity index (χ0n) is 16.8. The molecule has 1 aromatic heterocycles. The summed E-state index contributed by atoms with van der Waals surface area (Å²) in [7, 11) is 0. The van der Waals surface area contributed by atoms with E-state index in [2.05, 4.69) is 29.4 Å². The maximum absolute atomic E-state index is 12.2. The molecule has 0 spiro atoms. The summed E-state index contributed by atoms with van der Waals surface area (Å²) < 4.78 is 11.2. The number of hydrogen-bond donors (Lipinski definition) is 1. The fourth-order valence-corrected chi connectivity index (χ4v) is 3.61. The number of thiazole rings is 1. The zero-order valence-corrected chi connectivity index (χ0v) is 17.6. The summed E-state index contributed by atoms with van der Waals surface area (Å²) in [4.78, 5) is 17.5. The van der Waals surface area contributed by atoms with Crippen LogP contribution in [0, 0.1) is 0 Å². The van der Waals surface area contributed by atoms with Crippen LogP contribution in [0.25, 0.3) is 10.4 Å². The summed E-state index contributed by atoms with van der Waals surface area (Å²) in [5.74, 6) is 1.63. The Hall–Kier alpha value is -2.86. The molecule has 0 unspecified atom stereocenters. The first-order valence-corrected chi connectivity index (χ1v) is 10.7. The lowest BCUT2D eigenvalue weighted by molar-refractivity contribution is -0.116. The van der Waals surface area contributed by atoms with Crippen LogP contribution in [0.15, 0.2) is 54.7 Å². The Balaban J connectivity index is 1.42. The second-order valence-electron chi connectivity index (χ2n) is 6.48. The first-order chi connectivity index (χ1) is 14.2. The van der Waals surface area contributed by atoms with Crippen LogP contribution < -0.4 is 14.8 Å². The first-order valence-electron chi connectivity index (χ1n) is 9.88. The van der Waals surface area contributed by atoms with E-state index in [4.69, 9.17) is 9.47 Å². The van der Waals surface area contributed by atoms with E-state index in [1.807, 2.05) is 43.3 Å². The summed E-state index contributed by atoms with van der Waals surface area (Å²) in [5, 5.41) is 3.47. The summed E-state index contributed by atoms with van der Waals surface area (Å²) in [6.45, 7) is 5.24. The summed E-state index contributed by atoms with van der Waals surface area (Å²) in [6, 6.07) is 15.9. The molecule has 0 bridgehead atoms. The van der Waals surface area contributed by atoms with Crippen LogP contribution >= 0.6 is 11.3 Å². The molecule has 5 nitrogen and oxygen atoms in total. The van der Waals surface area contributed by atoms with Crippen LogP contribution in [0.5, 0.6) is 11.5 Å². The molecule has 29 heavy (non-hydrogen) atoms. The van der Waals surface area contributed by atoms with Crippen LogP contribution in [-0.4, -0.2) is 24.1 Å². The van der Waals surface area contributed by atoms with E-state index >= 15 is 0 Å². The highest BCUT2D eigenvalue weighted by molar-refractivity contribution is 7.19. The van der Waals surface area contributed by atoms with Crippen molar-refractivity contribution in [3.05, 3.63) is 60.3 Å². The van der Waals surface area contributed by atoms with Crippen molar-refractivity contribution in [1.29, 1.82) is 0 Å². The van der Waals surface area contributed by atoms with E-state index in [9.17, 15) is 4.79 Å². The van der Waals surface area contributed by atoms with Gasteiger partial charge in [-0.05, 0) is 67.3 Å². The lowest BCUT2D eigenvalue weighted by Gasteiger charge is -2.06. The van der Waals surface area contributed by atoms with Gasteiger partial charge in [-0.3, -0.25) is 4.79 Å². The SMILES string of the molecule is CCOc1ccc(-c2cnc(NC(=O)CCCOc3ccc(CC)cc3)s2)cc1. The quantitative estimate of drug-likeness (QED) is 0.444. The maximum Gasteiger partial charge on any atom is 0.226 e. The van der Waals surface area contributed by atoms with Crippen LogP contribution in [0.3, 0.4) is 0 Å². The van der Waals surface area contributed by atoms with Crippen molar-refractivity contribution >= 4 is 22.4 Å². The molecule has 0 aliphatic rings. The minimum absolute atomic E-state index is 0.0532. The van der Waals surface area contributed by atoms with Crippen molar-refractivity contribution in [3.8, 4) is 21.9 Å². The Bertz CT molecular complexity index is 905. The van der Waals surface area contributed by atoms with Crippen molar-refractivity contribution in [2.75, 3.05) is 18.5 Å². The van der Waals surface area contributed by atoms with Gasteiger partial charge < -0.3 is 14.8 Å². The second-order valence-corrected chi connectivity index (χ2v) is 7.52. The van der Waals surface area contributed by atoms with Crippen molar-refractivity contribution < 1.29 is 14.3 Å². The predicted molar refractivity (Wildman–Crippen MR) is 118 cm³/mol. The summed E-state index contributed by atoms with van der Waals surface area (Å²) in [6.07, 6.45) is 3.83. The van der Waals surface area contributed by atoms with Gasteiger partial charge in [0.2, 0.25) is 5.91 Å². The van der Waals surface area contributed by atoms with E-state index in [0.717, 1.165) is 28.4 Å². The Labute approximate surface area is 175 Å². The van der Waals surface area contributed by atoms with Gasteiger partial charge in [-0.1, -0.05) is 30.4 Å². The monoisotopic (exact) mass is 410 g/mol. The van der Waals surface area contributed by atoms with Gasteiger partial charge in [-0.15, -0.1) is 0 Å². The number of nitrogens with zero attached hydrogens (tertiary/aromatic N) is 1. The fourth-order valence-electron chi connectivity index (χ4n) is 2.77. The highest BCUT2D eigenvalue weighted by Crippen LogP contribution is 2.30. The van der Waals surface area contributed by atoms with Crippen LogP contribution in [-0.2, 0) is 11.2 Å². The second kappa shape index (κ2) is 10.6. The number of carbonyl (C=O) groups is 1. The average molecular weight is 411 g/mol. The molecule has 3 rings (SSSR count). The highest BCUT2D eigenvalue weighted by Gasteiger charge is 2.08. The zero-order chi connectivity index (χ0) is 20.5. The van der Waals surface area contributed by atoms with Crippen molar-refractivity contribution in [3.63, 3.8) is 0 Å². The number of aromatic nitrogens is 1. The fraction of sp³-hybridized carbons (Fsp3) is 0.304. The Kier molecular flexibility index (Phi) is 7.64. The molecule has 1 amide bonds. The molecule has 6 heteroatoms. The van der Waals surface area contributed by atoms with E-state index in [1.54, 1.807) is 6.20 Å². The number of benzene rings is 2. The molecular weight excluding hydrogens is 384 g/mol. The number of carbonyl (C=O) groups excluding carboxylic acids is 1. The molecule has 0 saturated carbocycles. The number of nitrogens with one attached hydrogen (secondary N) is 1. The molecule has 1 heterocycles. The molecule has 2 aromatic carbocycles.